The van der Waals surface area contributed by atoms with Crippen LogP contribution in [-0.2, 0) is 0 Å². The number of aryl methyl sites for hydroxylation is 2. The molecular formula is C20H21BF2N2O. The zero-order valence-electron chi connectivity index (χ0n) is 15.6. The van der Waals surface area contributed by atoms with Crippen molar-refractivity contribution >= 4 is 18.7 Å². The minimum absolute atomic E-state index is 0.504. The molecule has 0 unspecified atom stereocenters. The lowest BCUT2D eigenvalue weighted by Crippen LogP contribution is -2.18. The van der Waals surface area contributed by atoms with Crippen LogP contribution in [-0.4, -0.2) is 24.7 Å². The number of hydrogen-bond donors (Lipinski definition) is 0. The van der Waals surface area contributed by atoms with E-state index in [1.165, 1.54) is 0 Å². The number of allylic oxidation sites excluding steroid dienone is 2. The number of halogens is 2. The number of methoxy groups -OCH3 is 1. The van der Waals surface area contributed by atoms with E-state index in [1.807, 2.05) is 51.1 Å². The van der Waals surface area contributed by atoms with Gasteiger partial charge in [0, 0.05) is 22.7 Å². The Morgan fingerprint density at radius 3 is 2.23 bits per heavy atom. The molecule has 0 spiro atoms. The highest BCUT2D eigenvalue weighted by Crippen LogP contribution is 2.37. The molecule has 0 radical (unpaired) electrons. The second kappa shape index (κ2) is 6.94. The molecule has 0 amide bonds. The van der Waals surface area contributed by atoms with E-state index in [9.17, 15) is 8.63 Å². The summed E-state index contributed by atoms with van der Waals surface area (Å²) in [7, 11) is -1.02. The van der Waals surface area contributed by atoms with Crippen LogP contribution in [0.3, 0.4) is 0 Å². The van der Waals surface area contributed by atoms with Crippen molar-refractivity contribution in [3.8, 4) is 5.75 Å². The second-order valence-electron chi connectivity index (χ2n) is 6.50. The highest BCUT2D eigenvalue weighted by Gasteiger charge is 2.29. The van der Waals surface area contributed by atoms with Gasteiger partial charge in [0.15, 0.2) is 0 Å². The van der Waals surface area contributed by atoms with E-state index < -0.39 is 7.40 Å². The van der Waals surface area contributed by atoms with Gasteiger partial charge in [0.25, 0.3) is 0 Å². The van der Waals surface area contributed by atoms with Gasteiger partial charge in [-0.2, -0.15) is 0 Å². The van der Waals surface area contributed by atoms with E-state index in [0.717, 1.165) is 32.6 Å². The fourth-order valence-electron chi connectivity index (χ4n) is 3.46. The maximum atomic E-state index is 13.8. The van der Waals surface area contributed by atoms with Crippen LogP contribution < -0.4 is 4.74 Å². The Hall–Kier alpha value is -2.63. The monoisotopic (exact) mass is 354 g/mol. The summed E-state index contributed by atoms with van der Waals surface area (Å²) in [5, 5.41) is 0. The molecule has 0 saturated heterocycles. The normalized spacial score (nSPS) is 15.7. The van der Waals surface area contributed by atoms with Crippen LogP contribution in [0.4, 0.5) is 8.63 Å². The van der Waals surface area contributed by atoms with Crippen molar-refractivity contribution in [2.45, 2.75) is 27.7 Å². The maximum absolute atomic E-state index is 13.8. The Morgan fingerprint density at radius 2 is 1.73 bits per heavy atom. The Labute approximate surface area is 152 Å². The van der Waals surface area contributed by atoms with Gasteiger partial charge in [0.05, 0.1) is 12.8 Å². The molecule has 3 nitrogen and oxygen atoms in total. The smallest absolute Gasteiger partial charge is 0.497 e. The molecule has 1 aliphatic rings. The molecule has 1 aromatic heterocycles. The number of aromatic nitrogens is 1. The Bertz CT molecular complexity index is 937. The van der Waals surface area contributed by atoms with E-state index in [-0.39, 0.29) is 0 Å². The quantitative estimate of drug-likeness (QED) is 0.705. The van der Waals surface area contributed by atoms with Crippen LogP contribution in [0.2, 0.25) is 0 Å². The van der Waals surface area contributed by atoms with Crippen molar-refractivity contribution in [1.82, 2.24) is 4.48 Å². The summed E-state index contributed by atoms with van der Waals surface area (Å²) in [6, 6.07) is 9.22. The summed E-state index contributed by atoms with van der Waals surface area (Å²) >= 11 is 0. The van der Waals surface area contributed by atoms with Gasteiger partial charge in [-0.25, -0.2) is 0 Å². The van der Waals surface area contributed by atoms with E-state index in [4.69, 9.17) is 4.74 Å². The first-order valence-corrected chi connectivity index (χ1v) is 8.43. The molecule has 0 atom stereocenters. The number of ether oxygens (including phenoxy) is 1. The van der Waals surface area contributed by atoms with Gasteiger partial charge in [0.1, 0.15) is 5.75 Å². The van der Waals surface area contributed by atoms with Crippen molar-refractivity contribution in [3.05, 3.63) is 70.2 Å². The van der Waals surface area contributed by atoms with Crippen molar-refractivity contribution in [2.75, 3.05) is 7.11 Å². The first-order valence-electron chi connectivity index (χ1n) is 8.43. The Morgan fingerprint density at radius 1 is 1.08 bits per heavy atom. The molecule has 0 aliphatic carbocycles. The lowest BCUT2D eigenvalue weighted by molar-refractivity contribution is 0.415. The maximum Gasteiger partial charge on any atom is 0.677 e. The number of aliphatic imine (C=N–C) groups is 1. The van der Waals surface area contributed by atoms with Gasteiger partial charge in [-0.15, -0.1) is 0 Å². The Balaban J connectivity index is 2.34. The van der Waals surface area contributed by atoms with Crippen LogP contribution in [0, 0.1) is 13.8 Å². The lowest BCUT2D eigenvalue weighted by atomic mass is 9.94. The third kappa shape index (κ3) is 3.11. The van der Waals surface area contributed by atoms with Gasteiger partial charge in [-0.1, -0.05) is 12.1 Å². The third-order valence-corrected chi connectivity index (χ3v) is 4.55. The SMILES string of the molecule is COc1ccc(/C(=C2/N=C(C)C=C2C)c2c(C)cc(C)n2B(F)F)cc1. The number of nitrogens with zero attached hydrogens (tertiary/aromatic N) is 2. The fourth-order valence-corrected chi connectivity index (χ4v) is 3.46. The molecule has 6 heteroatoms. The van der Waals surface area contributed by atoms with Crippen LogP contribution >= 0.6 is 0 Å². The van der Waals surface area contributed by atoms with Crippen LogP contribution in [0.25, 0.3) is 5.57 Å². The van der Waals surface area contributed by atoms with Gasteiger partial charge < -0.3 is 9.21 Å². The van der Waals surface area contributed by atoms with E-state index in [2.05, 4.69) is 4.99 Å². The molecule has 1 aliphatic heterocycles. The summed E-state index contributed by atoms with van der Waals surface area (Å²) in [5.74, 6) is 0.716. The standard InChI is InChI=1S/C20H21BF2N2O/c1-12-10-14(3)24-19(12)18(16-6-8-17(26-5)9-7-16)20-13(2)11-15(4)25(20)21(22)23/h6-11H,1-5H3/b19-18-. The van der Waals surface area contributed by atoms with Crippen LogP contribution in [0.5, 0.6) is 5.75 Å². The molecule has 134 valence electrons. The van der Waals surface area contributed by atoms with Crippen molar-refractivity contribution in [3.63, 3.8) is 0 Å². The average molecular weight is 354 g/mol. The zero-order chi connectivity index (χ0) is 19.0. The third-order valence-electron chi connectivity index (χ3n) is 4.55. The minimum atomic E-state index is -2.62. The molecule has 1 aromatic carbocycles. The van der Waals surface area contributed by atoms with Crippen molar-refractivity contribution in [1.29, 1.82) is 0 Å². The van der Waals surface area contributed by atoms with Gasteiger partial charge >= 0.3 is 7.40 Å². The predicted octanol–water partition coefficient (Wildman–Crippen LogP) is 5.07. The summed E-state index contributed by atoms with van der Waals surface area (Å²) in [5.41, 5.74) is 5.94. The molecule has 0 N–H and O–H groups in total. The zero-order valence-corrected chi connectivity index (χ0v) is 15.6. The molecule has 26 heavy (non-hydrogen) atoms. The average Bonchev–Trinajstić information content (AvgIpc) is 3.07. The largest absolute Gasteiger partial charge is 0.677 e. The summed E-state index contributed by atoms with van der Waals surface area (Å²) in [6.07, 6.45) is 1.97. The van der Waals surface area contributed by atoms with Crippen molar-refractivity contribution in [2.24, 2.45) is 4.99 Å². The molecule has 2 aromatic rings. The summed E-state index contributed by atoms with van der Waals surface area (Å²) in [6.45, 7) is 7.42. The molecule has 0 fully saturated rings. The predicted molar refractivity (Wildman–Crippen MR) is 103 cm³/mol. The Kier molecular flexibility index (Phi) is 4.85. The molecule has 0 saturated carbocycles. The lowest BCUT2D eigenvalue weighted by Gasteiger charge is -2.17. The first-order chi connectivity index (χ1) is 12.3. The van der Waals surface area contributed by atoms with Crippen molar-refractivity contribution < 1.29 is 13.4 Å². The van der Waals surface area contributed by atoms with E-state index in [1.54, 1.807) is 20.1 Å². The molecule has 0 bridgehead atoms. The topological polar surface area (TPSA) is 26.5 Å². The highest BCUT2D eigenvalue weighted by atomic mass is 19.2. The van der Waals surface area contributed by atoms with Gasteiger partial charge in [0.2, 0.25) is 0 Å². The van der Waals surface area contributed by atoms with E-state index in [0.29, 0.717) is 22.7 Å². The second-order valence-corrected chi connectivity index (χ2v) is 6.50. The molecule has 3 rings (SSSR count). The highest BCUT2D eigenvalue weighted by molar-refractivity contribution is 6.41. The summed E-state index contributed by atoms with van der Waals surface area (Å²) < 4.78 is 34.0. The number of benzene rings is 1. The number of rotatable bonds is 4. The fraction of sp³-hybridized carbons (Fsp3) is 0.250. The minimum Gasteiger partial charge on any atom is -0.497 e. The summed E-state index contributed by atoms with van der Waals surface area (Å²) in [4.78, 5) is 4.63. The number of hydrogen-bond acceptors (Lipinski definition) is 2. The van der Waals surface area contributed by atoms with E-state index >= 15 is 0 Å². The van der Waals surface area contributed by atoms with Gasteiger partial charge in [-0.05, 0) is 68.7 Å². The van der Waals surface area contributed by atoms with Crippen LogP contribution in [0.1, 0.15) is 36.4 Å². The van der Waals surface area contributed by atoms with Crippen LogP contribution in [0.15, 0.2) is 52.7 Å². The molecule has 2 heterocycles. The first kappa shape index (κ1) is 18.2. The molecular weight excluding hydrogens is 333 g/mol. The van der Waals surface area contributed by atoms with Gasteiger partial charge in [-0.3, -0.25) is 13.6 Å².